The van der Waals surface area contributed by atoms with E-state index in [9.17, 15) is 13.5 Å². The molecule has 0 spiro atoms. The van der Waals surface area contributed by atoms with Crippen LogP contribution in [0.15, 0.2) is 28.1 Å². The number of unbranched alkanes of at least 4 members (excludes halogenated alkanes) is 2. The Morgan fingerprint density at radius 2 is 1.75 bits per heavy atom. The minimum Gasteiger partial charge on any atom is -0.507 e. The number of hydrogen-bond acceptors (Lipinski definition) is 11. The van der Waals surface area contributed by atoms with Crippen molar-refractivity contribution >= 4 is 35.5 Å². The number of carbonyl (C=O) groups excluding carboxylic acids is 2. The number of fused-ring (bicyclic) bond motifs is 4. The molecule has 0 bridgehead atoms. The predicted molar refractivity (Wildman–Crippen MR) is 198 cm³/mol. The van der Waals surface area contributed by atoms with Gasteiger partial charge in [-0.25, -0.2) is 12.8 Å². The lowest BCUT2D eigenvalue weighted by Crippen LogP contribution is -2.68. The average molecular weight is 761 g/mol. The number of aliphatic hydroxyl groups excluding tert-OH is 1. The van der Waals surface area contributed by atoms with E-state index in [1.807, 2.05) is 66.7 Å². The fraction of sp³-hybridized carbons (Fsp3) is 0.605. The number of carbonyl (C=O) groups is 2. The van der Waals surface area contributed by atoms with Gasteiger partial charge in [0, 0.05) is 28.0 Å². The van der Waals surface area contributed by atoms with Crippen molar-refractivity contribution in [1.82, 2.24) is 10.1 Å². The lowest BCUT2D eigenvalue weighted by atomic mass is 9.57. The third-order valence-electron chi connectivity index (χ3n) is 11.2. The van der Waals surface area contributed by atoms with Crippen molar-refractivity contribution in [3.63, 3.8) is 0 Å². The van der Waals surface area contributed by atoms with Crippen molar-refractivity contribution in [2.75, 3.05) is 27.3 Å². The van der Waals surface area contributed by atoms with E-state index in [-0.39, 0.29) is 71.3 Å². The largest absolute Gasteiger partial charge is 0.507 e. The van der Waals surface area contributed by atoms with E-state index >= 15 is 14.0 Å². The summed E-state index contributed by atoms with van der Waals surface area (Å²) in [6.07, 6.45) is 3.08. The molecule has 1 saturated carbocycles. The fourth-order valence-electron chi connectivity index (χ4n) is 7.47. The standard InChI is InChI=1S/C38H53FN2O9SSi/c1-11-14-16-47-32-23(21-51(45,46)13-3)20-26(39)24-18-22-19-25-30(41(7)8)33-29(36(40-49-33)48-17-15-12-2)35(44)38(25,50-52(9,10)37(4,5)6)34(43)27(22)31(42)28(24)32/h13,20,22,25,30,42H,3,11-12,14-19,21H2,1-2,4-10H3/t22-,25-,30-,38-/m0/s1. The molecule has 1 aromatic heterocycles. The lowest BCUT2D eigenvalue weighted by Gasteiger charge is -2.55. The highest BCUT2D eigenvalue weighted by molar-refractivity contribution is 7.93. The molecular formula is C38H53FN2O9SSi. The smallest absolute Gasteiger partial charge is 0.265 e. The first-order valence-corrected chi connectivity index (χ1v) is 22.7. The number of hydrogen-bond donors (Lipinski definition) is 1. The zero-order chi connectivity index (χ0) is 38.6. The summed E-state index contributed by atoms with van der Waals surface area (Å²) in [5.41, 5.74) is -2.10. The van der Waals surface area contributed by atoms with E-state index in [1.54, 1.807) is 0 Å². The zero-order valence-corrected chi connectivity index (χ0v) is 33.7. The van der Waals surface area contributed by atoms with Crippen molar-refractivity contribution in [2.45, 2.75) is 109 Å². The van der Waals surface area contributed by atoms with E-state index in [1.165, 1.54) is 0 Å². The van der Waals surface area contributed by atoms with Gasteiger partial charge in [-0.05, 0) is 75.1 Å². The first-order valence-electron chi connectivity index (χ1n) is 18.1. The van der Waals surface area contributed by atoms with Crippen LogP contribution in [0.3, 0.4) is 0 Å². The lowest BCUT2D eigenvalue weighted by molar-refractivity contribution is -0.140. The molecule has 1 N–H and O–H groups in total. The predicted octanol–water partition coefficient (Wildman–Crippen LogP) is 7.52. The molecule has 52 heavy (non-hydrogen) atoms. The van der Waals surface area contributed by atoms with Crippen molar-refractivity contribution in [2.24, 2.45) is 11.8 Å². The molecule has 1 aromatic carbocycles. The van der Waals surface area contributed by atoms with E-state index in [4.69, 9.17) is 18.4 Å². The molecule has 11 nitrogen and oxygen atoms in total. The van der Waals surface area contributed by atoms with Gasteiger partial charge < -0.3 is 23.5 Å². The molecule has 14 heteroatoms. The summed E-state index contributed by atoms with van der Waals surface area (Å²) in [6, 6.07) is 0.467. The molecule has 1 fully saturated rings. The van der Waals surface area contributed by atoms with Gasteiger partial charge in [0.25, 0.3) is 5.88 Å². The summed E-state index contributed by atoms with van der Waals surface area (Å²) in [4.78, 5) is 32.7. The summed E-state index contributed by atoms with van der Waals surface area (Å²) >= 11 is 0. The highest BCUT2D eigenvalue weighted by Gasteiger charge is 2.69. The number of benzene rings is 1. The van der Waals surface area contributed by atoms with Crippen LogP contribution in [0.1, 0.15) is 106 Å². The number of ketones is 2. The van der Waals surface area contributed by atoms with E-state index < -0.39 is 75.6 Å². The number of Topliss-reactive ketones (excluding diaryl/α,β-unsaturated/α-hetero) is 2. The Hall–Kier alpha value is -3.33. The monoisotopic (exact) mass is 760 g/mol. The van der Waals surface area contributed by atoms with Crippen molar-refractivity contribution in [1.29, 1.82) is 0 Å². The molecule has 0 aliphatic heterocycles. The molecule has 0 radical (unpaired) electrons. The summed E-state index contributed by atoms with van der Waals surface area (Å²) in [7, 11) is -3.19. The Morgan fingerprint density at radius 1 is 1.12 bits per heavy atom. The number of nitrogens with zero attached hydrogens (tertiary/aromatic N) is 2. The Labute approximate surface area is 307 Å². The Balaban J connectivity index is 1.80. The van der Waals surface area contributed by atoms with E-state index in [0.717, 1.165) is 24.3 Å². The molecule has 0 amide bonds. The molecule has 0 saturated heterocycles. The van der Waals surface area contributed by atoms with E-state index in [2.05, 4.69) is 11.7 Å². The second-order valence-electron chi connectivity index (χ2n) is 16.0. The Morgan fingerprint density at radius 3 is 2.33 bits per heavy atom. The molecular weight excluding hydrogens is 708 g/mol. The maximum absolute atomic E-state index is 16.2. The van der Waals surface area contributed by atoms with Crippen LogP contribution in [0.25, 0.3) is 5.76 Å². The van der Waals surface area contributed by atoms with Crippen molar-refractivity contribution in [3.05, 3.63) is 57.5 Å². The molecule has 1 heterocycles. The fourth-order valence-corrected chi connectivity index (χ4v) is 9.68. The highest BCUT2D eigenvalue weighted by Crippen LogP contribution is 2.59. The first-order chi connectivity index (χ1) is 24.3. The van der Waals surface area contributed by atoms with Gasteiger partial charge in [-0.2, -0.15) is 0 Å². The second-order valence-corrected chi connectivity index (χ2v) is 22.6. The molecule has 4 atom stereocenters. The van der Waals surface area contributed by atoms with Gasteiger partial charge >= 0.3 is 0 Å². The Kier molecular flexibility index (Phi) is 11.1. The van der Waals surface area contributed by atoms with Crippen LogP contribution in [-0.2, 0) is 31.2 Å². The number of rotatable bonds is 14. The van der Waals surface area contributed by atoms with E-state index in [0.29, 0.717) is 12.8 Å². The third kappa shape index (κ3) is 6.68. The maximum atomic E-state index is 16.2. The molecule has 0 unspecified atom stereocenters. The molecule has 5 rings (SSSR count). The second kappa shape index (κ2) is 14.5. The molecule has 2 aromatic rings. The summed E-state index contributed by atoms with van der Waals surface area (Å²) in [5, 5.41) is 16.8. The number of aliphatic hydroxyl groups is 1. The normalized spacial score (nSPS) is 23.2. The first kappa shape index (κ1) is 39.9. The zero-order valence-electron chi connectivity index (χ0n) is 31.9. The minimum atomic E-state index is -3.88. The SMILES string of the molecule is C=CS(=O)(=O)Cc1cc(F)c2c(c1OCCCC)C(O)=C1C(=O)[C@]3(O[Si](C)(C)C(C)(C)C)C(=O)c4c(OCCCC)noc4[C@@H](N(C)C)[C@@H]3C[C@@H]1C2. The highest BCUT2D eigenvalue weighted by atomic mass is 32.2. The molecule has 286 valence electrons. The average Bonchev–Trinajstić information content (AvgIpc) is 3.46. The summed E-state index contributed by atoms with van der Waals surface area (Å²) < 4.78 is 66.7. The van der Waals surface area contributed by atoms with Crippen LogP contribution in [0.5, 0.6) is 11.6 Å². The van der Waals surface area contributed by atoms with Gasteiger partial charge in [0.05, 0.1) is 30.6 Å². The van der Waals surface area contributed by atoms with Crippen LogP contribution >= 0.6 is 0 Å². The van der Waals surface area contributed by atoms with Crippen LogP contribution in [0.4, 0.5) is 4.39 Å². The summed E-state index contributed by atoms with van der Waals surface area (Å²) in [6.45, 7) is 17.8. The quantitative estimate of drug-likeness (QED) is 0.116. The van der Waals surface area contributed by atoms with Crippen molar-refractivity contribution in [3.8, 4) is 11.6 Å². The topological polar surface area (TPSA) is 145 Å². The van der Waals surface area contributed by atoms with Gasteiger partial charge in [0.15, 0.2) is 29.5 Å². The Bertz CT molecular complexity index is 1900. The number of halogens is 1. The van der Waals surface area contributed by atoms with Gasteiger partial charge in [-0.3, -0.25) is 14.5 Å². The van der Waals surface area contributed by atoms with Crippen LogP contribution < -0.4 is 9.47 Å². The number of ether oxygens (including phenoxy) is 2. The molecule has 3 aliphatic rings. The van der Waals surface area contributed by atoms with Crippen molar-refractivity contribution < 1.29 is 45.9 Å². The van der Waals surface area contributed by atoms with Gasteiger partial charge in [-0.1, -0.05) is 54.0 Å². The summed E-state index contributed by atoms with van der Waals surface area (Å²) in [5.74, 6) is -4.51. The minimum absolute atomic E-state index is 0.000574. The van der Waals surface area contributed by atoms with Crippen LogP contribution in [0.2, 0.25) is 18.1 Å². The molecule has 3 aliphatic carbocycles. The van der Waals surface area contributed by atoms with Crippen LogP contribution in [0, 0.1) is 17.7 Å². The van der Waals surface area contributed by atoms with Gasteiger partial charge in [-0.15, -0.1) is 0 Å². The van der Waals surface area contributed by atoms with Gasteiger partial charge in [0.1, 0.15) is 22.9 Å². The van der Waals surface area contributed by atoms with Gasteiger partial charge in [0.2, 0.25) is 11.6 Å². The number of aromatic nitrogens is 1. The van der Waals surface area contributed by atoms with Crippen LogP contribution in [-0.4, -0.2) is 76.4 Å². The third-order valence-corrected chi connectivity index (χ3v) is 16.8. The maximum Gasteiger partial charge on any atom is 0.265 e. The number of sulfone groups is 1.